The number of pyridine rings is 1. The van der Waals surface area contributed by atoms with Crippen LogP contribution in [0.15, 0.2) is 18.3 Å². The number of nitrogen functional groups attached to an aromatic ring is 1. The van der Waals surface area contributed by atoms with Crippen molar-refractivity contribution in [3.63, 3.8) is 0 Å². The fourth-order valence-corrected chi connectivity index (χ4v) is 1.48. The fourth-order valence-electron chi connectivity index (χ4n) is 1.48. The van der Waals surface area contributed by atoms with Gasteiger partial charge in [-0.3, -0.25) is 15.3 Å². The molecule has 1 aromatic rings. The van der Waals surface area contributed by atoms with E-state index in [1.54, 1.807) is 6.20 Å². The first kappa shape index (κ1) is 12.6. The van der Waals surface area contributed by atoms with Gasteiger partial charge >= 0.3 is 0 Å². The molecule has 1 heterocycles. The summed E-state index contributed by atoms with van der Waals surface area (Å²) < 4.78 is 0. The molecular weight excluding hydrogens is 200 g/mol. The zero-order valence-corrected chi connectivity index (χ0v) is 10.2. The van der Waals surface area contributed by atoms with Crippen LogP contribution in [-0.2, 0) is 6.54 Å². The quantitative estimate of drug-likeness (QED) is 0.585. The highest BCUT2D eigenvalue weighted by Crippen LogP contribution is 2.08. The summed E-state index contributed by atoms with van der Waals surface area (Å²) in [5, 5.41) is 7.34. The van der Waals surface area contributed by atoms with Gasteiger partial charge in [-0.15, -0.1) is 0 Å². The maximum Gasteiger partial charge on any atom is 0.141 e. The van der Waals surface area contributed by atoms with E-state index < -0.39 is 0 Å². The number of nitrogens with one attached hydrogen (secondary N) is 1. The van der Waals surface area contributed by atoms with Crippen molar-refractivity contribution < 1.29 is 0 Å². The second-order valence-electron chi connectivity index (χ2n) is 4.14. The Balaban J connectivity index is 2.74. The molecule has 1 atom stereocenters. The lowest BCUT2D eigenvalue weighted by Gasteiger charge is -2.23. The molecule has 1 aromatic heterocycles. The van der Waals surface area contributed by atoms with Crippen LogP contribution < -0.4 is 5.73 Å². The SMILES string of the molecule is CCC(C)N(C)Cc1ccnc(C(=N)N)c1. The second kappa shape index (κ2) is 5.61. The molecule has 0 saturated carbocycles. The molecule has 3 N–H and O–H groups in total. The monoisotopic (exact) mass is 220 g/mol. The first-order valence-electron chi connectivity index (χ1n) is 5.54. The van der Waals surface area contributed by atoms with E-state index in [9.17, 15) is 0 Å². The Bertz CT molecular complexity index is 362. The maximum atomic E-state index is 7.34. The van der Waals surface area contributed by atoms with Crippen molar-refractivity contribution in [2.24, 2.45) is 5.73 Å². The summed E-state index contributed by atoms with van der Waals surface area (Å²) in [6, 6.07) is 4.39. The Morgan fingerprint density at radius 3 is 2.88 bits per heavy atom. The molecule has 16 heavy (non-hydrogen) atoms. The van der Waals surface area contributed by atoms with Crippen LogP contribution in [0.4, 0.5) is 0 Å². The summed E-state index contributed by atoms with van der Waals surface area (Å²) in [6.45, 7) is 5.24. The van der Waals surface area contributed by atoms with Crippen LogP contribution in [0.1, 0.15) is 31.5 Å². The minimum Gasteiger partial charge on any atom is -0.382 e. The van der Waals surface area contributed by atoms with E-state index in [-0.39, 0.29) is 5.84 Å². The van der Waals surface area contributed by atoms with Gasteiger partial charge in [-0.2, -0.15) is 0 Å². The Morgan fingerprint density at radius 1 is 1.62 bits per heavy atom. The van der Waals surface area contributed by atoms with E-state index in [4.69, 9.17) is 11.1 Å². The van der Waals surface area contributed by atoms with E-state index >= 15 is 0 Å². The number of amidine groups is 1. The van der Waals surface area contributed by atoms with Crippen molar-refractivity contribution >= 4 is 5.84 Å². The van der Waals surface area contributed by atoms with Crippen molar-refractivity contribution in [2.75, 3.05) is 7.05 Å². The molecule has 0 spiro atoms. The predicted octanol–water partition coefficient (Wildman–Crippen LogP) is 1.60. The summed E-state index contributed by atoms with van der Waals surface area (Å²) in [7, 11) is 2.10. The van der Waals surface area contributed by atoms with Crippen LogP contribution in [0.2, 0.25) is 0 Å². The second-order valence-corrected chi connectivity index (χ2v) is 4.14. The molecule has 4 heteroatoms. The smallest absolute Gasteiger partial charge is 0.141 e. The molecule has 0 aliphatic rings. The highest BCUT2D eigenvalue weighted by molar-refractivity contribution is 5.93. The van der Waals surface area contributed by atoms with E-state index in [0.717, 1.165) is 18.5 Å². The van der Waals surface area contributed by atoms with E-state index in [0.29, 0.717) is 11.7 Å². The first-order valence-corrected chi connectivity index (χ1v) is 5.54. The van der Waals surface area contributed by atoms with Crippen LogP contribution in [0.25, 0.3) is 0 Å². The number of hydrogen-bond donors (Lipinski definition) is 2. The molecule has 0 amide bonds. The molecule has 0 radical (unpaired) electrons. The van der Waals surface area contributed by atoms with Gasteiger partial charge in [0.1, 0.15) is 11.5 Å². The molecule has 0 bridgehead atoms. The molecule has 88 valence electrons. The van der Waals surface area contributed by atoms with Crippen molar-refractivity contribution in [2.45, 2.75) is 32.9 Å². The highest BCUT2D eigenvalue weighted by atomic mass is 15.1. The average Bonchev–Trinajstić information content (AvgIpc) is 2.28. The molecule has 0 aliphatic carbocycles. The molecular formula is C12H20N4. The Hall–Kier alpha value is -1.42. The number of nitrogens with zero attached hydrogens (tertiary/aromatic N) is 2. The van der Waals surface area contributed by atoms with Gasteiger partial charge in [0.05, 0.1) is 0 Å². The van der Waals surface area contributed by atoms with Crippen molar-refractivity contribution in [1.82, 2.24) is 9.88 Å². The third-order valence-electron chi connectivity index (χ3n) is 2.88. The van der Waals surface area contributed by atoms with Crippen LogP contribution in [0.3, 0.4) is 0 Å². The molecule has 0 fully saturated rings. The third-order valence-corrected chi connectivity index (χ3v) is 2.88. The summed E-state index contributed by atoms with van der Waals surface area (Å²) in [5.74, 6) is 0.0213. The fraction of sp³-hybridized carbons (Fsp3) is 0.500. The Labute approximate surface area is 97.0 Å². The number of hydrogen-bond acceptors (Lipinski definition) is 3. The van der Waals surface area contributed by atoms with Crippen LogP contribution in [0.5, 0.6) is 0 Å². The zero-order chi connectivity index (χ0) is 12.1. The standard InChI is InChI=1S/C12H20N4/c1-4-9(2)16(3)8-10-5-6-15-11(7-10)12(13)14/h5-7,9H,4,8H2,1-3H3,(H3,13,14). The first-order chi connectivity index (χ1) is 7.54. The zero-order valence-electron chi connectivity index (χ0n) is 10.2. The number of nitrogens with two attached hydrogens (primary N) is 1. The molecule has 0 aliphatic heterocycles. The lowest BCUT2D eigenvalue weighted by molar-refractivity contribution is 0.244. The van der Waals surface area contributed by atoms with Crippen LogP contribution in [0, 0.1) is 5.41 Å². The summed E-state index contributed by atoms with van der Waals surface area (Å²) in [5.41, 5.74) is 7.10. The molecule has 0 saturated heterocycles. The average molecular weight is 220 g/mol. The van der Waals surface area contributed by atoms with Gasteiger partial charge in [-0.05, 0) is 38.1 Å². The third kappa shape index (κ3) is 3.31. The number of rotatable bonds is 5. The lowest BCUT2D eigenvalue weighted by atomic mass is 10.1. The summed E-state index contributed by atoms with van der Waals surface area (Å²) >= 11 is 0. The number of aromatic nitrogens is 1. The van der Waals surface area contributed by atoms with Crippen molar-refractivity contribution in [3.8, 4) is 0 Å². The minimum absolute atomic E-state index is 0.0213. The van der Waals surface area contributed by atoms with Crippen molar-refractivity contribution in [1.29, 1.82) is 5.41 Å². The van der Waals surface area contributed by atoms with Gasteiger partial charge in [0.2, 0.25) is 0 Å². The van der Waals surface area contributed by atoms with E-state index in [1.807, 2.05) is 12.1 Å². The Morgan fingerprint density at radius 2 is 2.31 bits per heavy atom. The normalized spacial score (nSPS) is 12.8. The van der Waals surface area contributed by atoms with Gasteiger partial charge in [0, 0.05) is 18.8 Å². The van der Waals surface area contributed by atoms with Crippen LogP contribution >= 0.6 is 0 Å². The molecule has 0 aromatic carbocycles. The van der Waals surface area contributed by atoms with Gasteiger partial charge < -0.3 is 5.73 Å². The predicted molar refractivity (Wildman–Crippen MR) is 66.5 cm³/mol. The van der Waals surface area contributed by atoms with Crippen molar-refractivity contribution in [3.05, 3.63) is 29.6 Å². The highest BCUT2D eigenvalue weighted by Gasteiger charge is 2.08. The van der Waals surface area contributed by atoms with Crippen LogP contribution in [-0.4, -0.2) is 28.8 Å². The largest absolute Gasteiger partial charge is 0.382 e. The Kier molecular flexibility index (Phi) is 4.43. The molecule has 1 unspecified atom stereocenters. The molecule has 1 rings (SSSR count). The van der Waals surface area contributed by atoms with Gasteiger partial charge in [0.15, 0.2) is 0 Å². The van der Waals surface area contributed by atoms with E-state index in [1.165, 1.54) is 0 Å². The summed E-state index contributed by atoms with van der Waals surface area (Å²) in [4.78, 5) is 6.32. The summed E-state index contributed by atoms with van der Waals surface area (Å²) in [6.07, 6.45) is 2.83. The van der Waals surface area contributed by atoms with Gasteiger partial charge in [0.25, 0.3) is 0 Å². The van der Waals surface area contributed by atoms with E-state index in [2.05, 4.69) is 30.8 Å². The molecule has 4 nitrogen and oxygen atoms in total. The minimum atomic E-state index is 0.0213. The van der Waals surface area contributed by atoms with Gasteiger partial charge in [-0.25, -0.2) is 0 Å². The lowest BCUT2D eigenvalue weighted by Crippen LogP contribution is -2.28. The maximum absolute atomic E-state index is 7.34. The van der Waals surface area contributed by atoms with Gasteiger partial charge in [-0.1, -0.05) is 6.92 Å². The topological polar surface area (TPSA) is 66.0 Å².